The first-order valence-corrected chi connectivity index (χ1v) is 12.1. The van der Waals surface area contributed by atoms with Crippen LogP contribution in [0.1, 0.15) is 68.9 Å². The number of aromatic nitrogens is 2. The normalized spacial score (nSPS) is 20.0. The monoisotopic (exact) mass is 448 g/mol. The van der Waals surface area contributed by atoms with Crippen molar-refractivity contribution in [2.45, 2.75) is 59.4 Å². The number of hydrogen-bond acceptors (Lipinski definition) is 4. The number of aryl methyl sites for hydroxylation is 1. The topological polar surface area (TPSA) is 79.2 Å². The van der Waals surface area contributed by atoms with Gasteiger partial charge >= 0.3 is 0 Å². The van der Waals surface area contributed by atoms with E-state index in [1.54, 1.807) is 0 Å². The SMILES string of the molecule is CCc1ccc(Nc2nc3cc(C(=O)NCCO)ccc3n2[C@H]2C[C@@H](C)CC(C)(C)C2)cc1. The van der Waals surface area contributed by atoms with Gasteiger partial charge in [-0.2, -0.15) is 0 Å². The smallest absolute Gasteiger partial charge is 0.251 e. The highest BCUT2D eigenvalue weighted by molar-refractivity contribution is 5.97. The number of carbonyl (C=O) groups is 1. The molecule has 0 unspecified atom stereocenters. The van der Waals surface area contributed by atoms with Crippen molar-refractivity contribution in [3.05, 3.63) is 53.6 Å². The van der Waals surface area contributed by atoms with E-state index in [9.17, 15) is 4.79 Å². The van der Waals surface area contributed by atoms with Gasteiger partial charge in [0.15, 0.2) is 0 Å². The lowest BCUT2D eigenvalue weighted by Gasteiger charge is -2.40. The molecule has 0 spiro atoms. The number of aliphatic hydroxyl groups is 1. The number of nitrogens with zero attached hydrogens (tertiary/aromatic N) is 2. The van der Waals surface area contributed by atoms with E-state index in [1.807, 2.05) is 18.2 Å². The number of carbonyl (C=O) groups excluding carboxylic acids is 1. The third-order valence-corrected chi connectivity index (χ3v) is 6.70. The summed E-state index contributed by atoms with van der Waals surface area (Å²) in [6.45, 7) is 9.36. The average Bonchev–Trinajstić information content (AvgIpc) is 3.13. The van der Waals surface area contributed by atoms with E-state index < -0.39 is 0 Å². The van der Waals surface area contributed by atoms with E-state index in [1.165, 1.54) is 12.0 Å². The molecule has 1 amide bonds. The van der Waals surface area contributed by atoms with E-state index >= 15 is 0 Å². The van der Waals surface area contributed by atoms with Crippen molar-refractivity contribution < 1.29 is 9.90 Å². The molecule has 176 valence electrons. The van der Waals surface area contributed by atoms with Crippen LogP contribution in [0.3, 0.4) is 0 Å². The summed E-state index contributed by atoms with van der Waals surface area (Å²) in [6.07, 6.45) is 4.43. The number of imidazole rings is 1. The lowest BCUT2D eigenvalue weighted by molar-refractivity contribution is 0.0945. The lowest BCUT2D eigenvalue weighted by Crippen LogP contribution is -2.29. The van der Waals surface area contributed by atoms with Crippen molar-refractivity contribution in [1.82, 2.24) is 14.9 Å². The summed E-state index contributed by atoms with van der Waals surface area (Å²) in [5.74, 6) is 1.26. The molecule has 1 heterocycles. The fraction of sp³-hybridized carbons (Fsp3) is 0.481. The van der Waals surface area contributed by atoms with Crippen LogP contribution in [0.5, 0.6) is 0 Å². The molecule has 1 aromatic heterocycles. The first-order chi connectivity index (χ1) is 15.8. The number of fused-ring (bicyclic) bond motifs is 1. The summed E-state index contributed by atoms with van der Waals surface area (Å²) in [6, 6.07) is 14.5. The summed E-state index contributed by atoms with van der Waals surface area (Å²) in [7, 11) is 0. The molecule has 3 aromatic rings. The van der Waals surface area contributed by atoms with Gasteiger partial charge in [0.2, 0.25) is 5.95 Å². The molecule has 6 heteroatoms. The predicted molar refractivity (Wildman–Crippen MR) is 134 cm³/mol. The summed E-state index contributed by atoms with van der Waals surface area (Å²) in [4.78, 5) is 17.4. The van der Waals surface area contributed by atoms with Gasteiger partial charge in [-0.3, -0.25) is 4.79 Å². The highest BCUT2D eigenvalue weighted by atomic mass is 16.3. The van der Waals surface area contributed by atoms with Gasteiger partial charge < -0.3 is 20.3 Å². The molecular formula is C27H36N4O2. The molecule has 3 N–H and O–H groups in total. The van der Waals surface area contributed by atoms with E-state index in [4.69, 9.17) is 10.1 Å². The highest BCUT2D eigenvalue weighted by Gasteiger charge is 2.34. The predicted octanol–water partition coefficient (Wildman–Crippen LogP) is 5.45. The van der Waals surface area contributed by atoms with Gasteiger partial charge in [0, 0.05) is 23.8 Å². The number of rotatable bonds is 7. The Hall–Kier alpha value is -2.86. The molecule has 1 fully saturated rings. The number of anilines is 2. The molecule has 1 saturated carbocycles. The Morgan fingerprint density at radius 1 is 1.18 bits per heavy atom. The van der Waals surface area contributed by atoms with E-state index in [-0.39, 0.29) is 24.5 Å². The first kappa shape index (κ1) is 23.3. The quantitative estimate of drug-likeness (QED) is 0.449. The van der Waals surface area contributed by atoms with E-state index in [0.29, 0.717) is 17.5 Å². The number of aliphatic hydroxyl groups excluding tert-OH is 1. The first-order valence-electron chi connectivity index (χ1n) is 12.1. The Kier molecular flexibility index (Phi) is 6.75. The van der Waals surface area contributed by atoms with Gasteiger partial charge in [-0.1, -0.05) is 39.8 Å². The maximum absolute atomic E-state index is 12.4. The van der Waals surface area contributed by atoms with Crippen molar-refractivity contribution >= 4 is 28.6 Å². The zero-order valence-corrected chi connectivity index (χ0v) is 20.2. The van der Waals surface area contributed by atoms with Crippen LogP contribution < -0.4 is 10.6 Å². The molecule has 0 bridgehead atoms. The maximum atomic E-state index is 12.4. The molecule has 0 aliphatic heterocycles. The molecule has 1 aliphatic rings. The van der Waals surface area contributed by atoms with Crippen molar-refractivity contribution in [1.29, 1.82) is 0 Å². The maximum Gasteiger partial charge on any atom is 0.251 e. The molecule has 4 rings (SSSR count). The van der Waals surface area contributed by atoms with Crippen LogP contribution in [0.4, 0.5) is 11.6 Å². The molecule has 0 saturated heterocycles. The molecule has 0 radical (unpaired) electrons. The Balaban J connectivity index is 1.75. The molecule has 6 nitrogen and oxygen atoms in total. The van der Waals surface area contributed by atoms with Crippen LogP contribution in [0.15, 0.2) is 42.5 Å². The second-order valence-electron chi connectivity index (χ2n) is 10.2. The van der Waals surface area contributed by atoms with Crippen LogP contribution in [0.25, 0.3) is 11.0 Å². The minimum atomic E-state index is -0.197. The summed E-state index contributed by atoms with van der Waals surface area (Å²) in [5.41, 5.74) is 4.97. The highest BCUT2D eigenvalue weighted by Crippen LogP contribution is 2.46. The number of nitrogens with one attached hydrogen (secondary N) is 2. The number of benzene rings is 2. The van der Waals surface area contributed by atoms with Gasteiger partial charge in [-0.05, 0) is 72.9 Å². The number of amides is 1. The van der Waals surface area contributed by atoms with E-state index in [0.717, 1.165) is 41.9 Å². The van der Waals surface area contributed by atoms with Crippen LogP contribution in [0.2, 0.25) is 0 Å². The average molecular weight is 449 g/mol. The van der Waals surface area contributed by atoms with Crippen molar-refractivity contribution in [2.75, 3.05) is 18.5 Å². The van der Waals surface area contributed by atoms with Gasteiger partial charge in [-0.25, -0.2) is 4.98 Å². The minimum Gasteiger partial charge on any atom is -0.395 e. The molecular weight excluding hydrogens is 412 g/mol. The summed E-state index contributed by atoms with van der Waals surface area (Å²) < 4.78 is 2.34. The molecule has 1 aliphatic carbocycles. The second kappa shape index (κ2) is 9.56. The largest absolute Gasteiger partial charge is 0.395 e. The van der Waals surface area contributed by atoms with Crippen LogP contribution >= 0.6 is 0 Å². The fourth-order valence-corrected chi connectivity index (χ4v) is 5.41. The zero-order valence-electron chi connectivity index (χ0n) is 20.2. The summed E-state index contributed by atoms with van der Waals surface area (Å²) in [5, 5.41) is 15.3. The second-order valence-corrected chi connectivity index (χ2v) is 10.2. The van der Waals surface area contributed by atoms with Crippen molar-refractivity contribution in [3.8, 4) is 0 Å². The van der Waals surface area contributed by atoms with Gasteiger partial charge in [-0.15, -0.1) is 0 Å². The fourth-order valence-electron chi connectivity index (χ4n) is 5.41. The minimum absolute atomic E-state index is 0.0802. The van der Waals surface area contributed by atoms with Gasteiger partial charge in [0.25, 0.3) is 5.91 Å². The van der Waals surface area contributed by atoms with E-state index in [2.05, 4.69) is 67.2 Å². The number of hydrogen-bond donors (Lipinski definition) is 3. The Bertz CT molecular complexity index is 1120. The van der Waals surface area contributed by atoms with Gasteiger partial charge in [0.1, 0.15) is 0 Å². The van der Waals surface area contributed by atoms with Crippen LogP contribution in [0, 0.1) is 11.3 Å². The van der Waals surface area contributed by atoms with Gasteiger partial charge in [0.05, 0.1) is 17.6 Å². The molecule has 2 atom stereocenters. The van der Waals surface area contributed by atoms with Crippen LogP contribution in [-0.4, -0.2) is 33.7 Å². The Morgan fingerprint density at radius 3 is 2.61 bits per heavy atom. The third kappa shape index (κ3) is 5.22. The Labute approximate surface area is 196 Å². The van der Waals surface area contributed by atoms with Crippen molar-refractivity contribution in [2.24, 2.45) is 11.3 Å². The Morgan fingerprint density at radius 2 is 1.94 bits per heavy atom. The lowest BCUT2D eigenvalue weighted by atomic mass is 9.70. The van der Waals surface area contributed by atoms with Crippen molar-refractivity contribution in [3.63, 3.8) is 0 Å². The zero-order chi connectivity index (χ0) is 23.6. The molecule has 2 aromatic carbocycles. The summed E-state index contributed by atoms with van der Waals surface area (Å²) >= 11 is 0. The standard InChI is InChI=1S/C27H36N4O2/c1-5-19-6-9-21(10-7-19)29-26-30-23-15-20(25(33)28-12-13-32)8-11-24(23)31(26)22-14-18(2)16-27(3,4)17-22/h6-11,15,18,22,32H,5,12-14,16-17H2,1-4H3,(H,28,33)(H,29,30)/t18-,22+/m1/s1. The molecule has 33 heavy (non-hydrogen) atoms. The third-order valence-electron chi connectivity index (χ3n) is 6.70. The van der Waals surface area contributed by atoms with Crippen LogP contribution in [-0.2, 0) is 6.42 Å².